The van der Waals surface area contributed by atoms with E-state index < -0.39 is 17.9 Å². The number of hydrogen-bond acceptors (Lipinski definition) is 2. The molecule has 31 heavy (non-hydrogen) atoms. The van der Waals surface area contributed by atoms with E-state index in [0.717, 1.165) is 24.0 Å². The summed E-state index contributed by atoms with van der Waals surface area (Å²) in [4.78, 5) is 23.9. The van der Waals surface area contributed by atoms with Crippen LogP contribution in [0.15, 0.2) is 84.9 Å². The number of allylic oxidation sites excluding steroid dienone is 1. The lowest BCUT2D eigenvalue weighted by Crippen LogP contribution is -2.18. The summed E-state index contributed by atoms with van der Waals surface area (Å²) in [5.74, 6) is -2.77. The molecule has 0 aliphatic rings. The van der Waals surface area contributed by atoms with Crippen molar-refractivity contribution in [2.45, 2.75) is 31.6 Å². The van der Waals surface area contributed by atoms with Gasteiger partial charge in [-0.05, 0) is 54.0 Å². The predicted octanol–water partition coefficient (Wildman–Crippen LogP) is 5.83. The Morgan fingerprint density at radius 2 is 1.52 bits per heavy atom. The van der Waals surface area contributed by atoms with E-state index >= 15 is 0 Å². The Kier molecular flexibility index (Phi) is 7.77. The van der Waals surface area contributed by atoms with E-state index in [2.05, 4.69) is 6.08 Å². The largest absolute Gasteiger partial charge is 0.481 e. The normalized spacial score (nSPS) is 12.0. The van der Waals surface area contributed by atoms with E-state index in [9.17, 15) is 19.8 Å². The molecule has 0 bridgehead atoms. The van der Waals surface area contributed by atoms with Crippen LogP contribution in [-0.4, -0.2) is 22.2 Å². The van der Waals surface area contributed by atoms with Gasteiger partial charge in [-0.2, -0.15) is 0 Å². The van der Waals surface area contributed by atoms with Crippen molar-refractivity contribution in [2.24, 2.45) is 0 Å². The van der Waals surface area contributed by atoms with Crippen LogP contribution < -0.4 is 0 Å². The SMILES string of the molecule is O=C(O)c1cccc(C(Cc2ccccc2)C(=O)O)c1CCCC=Cc1ccccc1. The molecule has 2 N–H and O–H groups in total. The first kappa shape index (κ1) is 22.0. The van der Waals surface area contributed by atoms with Gasteiger partial charge in [0.05, 0.1) is 11.5 Å². The summed E-state index contributed by atoms with van der Waals surface area (Å²) >= 11 is 0. The summed E-state index contributed by atoms with van der Waals surface area (Å²) < 4.78 is 0. The van der Waals surface area contributed by atoms with Crippen LogP contribution in [0.3, 0.4) is 0 Å². The number of carboxylic acid groups (broad SMARTS) is 2. The molecule has 0 spiro atoms. The van der Waals surface area contributed by atoms with Crippen molar-refractivity contribution in [1.82, 2.24) is 0 Å². The highest BCUT2D eigenvalue weighted by Crippen LogP contribution is 2.28. The van der Waals surface area contributed by atoms with Crippen LogP contribution in [0.25, 0.3) is 6.08 Å². The number of carboxylic acids is 2. The lowest BCUT2D eigenvalue weighted by atomic mass is 9.85. The minimum absolute atomic E-state index is 0.184. The summed E-state index contributed by atoms with van der Waals surface area (Å²) in [6, 6.07) is 24.4. The fraction of sp³-hybridized carbons (Fsp3) is 0.185. The number of aliphatic carboxylic acids is 1. The minimum Gasteiger partial charge on any atom is -0.481 e. The summed E-state index contributed by atoms with van der Waals surface area (Å²) in [5, 5.41) is 19.6. The molecule has 158 valence electrons. The first-order chi connectivity index (χ1) is 15.1. The monoisotopic (exact) mass is 414 g/mol. The molecule has 0 fully saturated rings. The Balaban J connectivity index is 1.81. The van der Waals surface area contributed by atoms with Gasteiger partial charge in [0, 0.05) is 0 Å². The van der Waals surface area contributed by atoms with Crippen LogP contribution in [0.5, 0.6) is 0 Å². The zero-order chi connectivity index (χ0) is 22.1. The third kappa shape index (κ3) is 6.16. The second-order valence-corrected chi connectivity index (χ2v) is 7.46. The highest BCUT2D eigenvalue weighted by molar-refractivity contribution is 5.90. The van der Waals surface area contributed by atoms with Crippen LogP contribution >= 0.6 is 0 Å². The van der Waals surface area contributed by atoms with Gasteiger partial charge in [0.1, 0.15) is 0 Å². The number of benzene rings is 3. The summed E-state index contributed by atoms with van der Waals surface area (Å²) in [6.07, 6.45) is 6.45. The van der Waals surface area contributed by atoms with Gasteiger partial charge in [0.15, 0.2) is 0 Å². The quantitative estimate of drug-likeness (QED) is 0.409. The van der Waals surface area contributed by atoms with Crippen LogP contribution in [0.2, 0.25) is 0 Å². The molecule has 0 heterocycles. The molecule has 4 heteroatoms. The van der Waals surface area contributed by atoms with Crippen LogP contribution in [-0.2, 0) is 17.6 Å². The molecule has 0 radical (unpaired) electrons. The highest BCUT2D eigenvalue weighted by atomic mass is 16.4. The molecule has 0 saturated heterocycles. The van der Waals surface area contributed by atoms with E-state index in [4.69, 9.17) is 0 Å². The van der Waals surface area contributed by atoms with Crippen LogP contribution in [0.4, 0.5) is 0 Å². The van der Waals surface area contributed by atoms with E-state index in [1.54, 1.807) is 18.2 Å². The van der Waals surface area contributed by atoms with Crippen LogP contribution in [0.1, 0.15) is 51.4 Å². The molecule has 0 amide bonds. The molecule has 1 unspecified atom stereocenters. The predicted molar refractivity (Wildman–Crippen MR) is 122 cm³/mol. The number of aromatic carboxylic acids is 1. The molecule has 1 atom stereocenters. The lowest BCUT2D eigenvalue weighted by Gasteiger charge is -2.19. The number of unbranched alkanes of at least 4 members (excludes halogenated alkanes) is 1. The molecule has 3 aromatic carbocycles. The summed E-state index contributed by atoms with van der Waals surface area (Å²) in [7, 11) is 0. The first-order valence-electron chi connectivity index (χ1n) is 10.4. The molecule has 0 aromatic heterocycles. The Morgan fingerprint density at radius 1 is 0.839 bits per heavy atom. The van der Waals surface area contributed by atoms with Gasteiger partial charge in [0.2, 0.25) is 0 Å². The maximum Gasteiger partial charge on any atom is 0.335 e. The highest BCUT2D eigenvalue weighted by Gasteiger charge is 2.25. The van der Waals surface area contributed by atoms with Crippen molar-refractivity contribution in [3.8, 4) is 0 Å². The molecule has 3 aromatic rings. The maximum absolute atomic E-state index is 12.1. The number of hydrogen-bond donors (Lipinski definition) is 2. The van der Waals surface area contributed by atoms with Gasteiger partial charge in [-0.25, -0.2) is 4.79 Å². The van der Waals surface area contributed by atoms with Gasteiger partial charge in [-0.1, -0.05) is 84.9 Å². The Bertz CT molecular complexity index is 1040. The van der Waals surface area contributed by atoms with Gasteiger partial charge in [-0.15, -0.1) is 0 Å². The van der Waals surface area contributed by atoms with E-state index in [1.165, 1.54) is 0 Å². The van der Waals surface area contributed by atoms with Gasteiger partial charge in [-0.3, -0.25) is 4.79 Å². The Morgan fingerprint density at radius 3 is 2.16 bits per heavy atom. The van der Waals surface area contributed by atoms with E-state index in [-0.39, 0.29) is 5.56 Å². The molecule has 0 aliphatic heterocycles. The van der Waals surface area contributed by atoms with Crippen molar-refractivity contribution < 1.29 is 19.8 Å². The fourth-order valence-corrected chi connectivity index (χ4v) is 3.77. The van der Waals surface area contributed by atoms with Crippen molar-refractivity contribution in [2.75, 3.05) is 0 Å². The van der Waals surface area contributed by atoms with Gasteiger partial charge in [0.25, 0.3) is 0 Å². The molecular formula is C27H26O4. The molecule has 0 saturated carbocycles. The topological polar surface area (TPSA) is 74.6 Å². The van der Waals surface area contributed by atoms with Gasteiger partial charge >= 0.3 is 11.9 Å². The first-order valence-corrected chi connectivity index (χ1v) is 10.4. The van der Waals surface area contributed by atoms with Crippen molar-refractivity contribution >= 4 is 18.0 Å². The minimum atomic E-state index is -1.03. The fourth-order valence-electron chi connectivity index (χ4n) is 3.77. The molecular weight excluding hydrogens is 388 g/mol. The third-order valence-corrected chi connectivity index (χ3v) is 5.31. The van der Waals surface area contributed by atoms with Crippen molar-refractivity contribution in [3.63, 3.8) is 0 Å². The number of carbonyl (C=O) groups is 2. The van der Waals surface area contributed by atoms with Crippen molar-refractivity contribution in [3.05, 3.63) is 113 Å². The van der Waals surface area contributed by atoms with E-state index in [0.29, 0.717) is 24.0 Å². The average Bonchev–Trinajstić information content (AvgIpc) is 2.78. The van der Waals surface area contributed by atoms with Gasteiger partial charge < -0.3 is 10.2 Å². The summed E-state index contributed by atoms with van der Waals surface area (Å²) in [6.45, 7) is 0. The third-order valence-electron chi connectivity index (χ3n) is 5.31. The molecule has 3 rings (SSSR count). The van der Waals surface area contributed by atoms with E-state index in [1.807, 2.05) is 66.7 Å². The number of rotatable bonds is 10. The smallest absolute Gasteiger partial charge is 0.335 e. The Labute approximate surface area is 182 Å². The zero-order valence-electron chi connectivity index (χ0n) is 17.3. The summed E-state index contributed by atoms with van der Waals surface area (Å²) in [5.41, 5.74) is 3.41. The standard InChI is InChI=1S/C27H26O4/c28-26(29)24-18-10-17-23(25(27(30)31)19-21-14-7-2-8-15-21)22(24)16-9-3-6-13-20-11-4-1-5-12-20/h1-2,4-8,10-15,17-18,25H,3,9,16,19H2,(H,28,29)(H,30,31). The zero-order valence-corrected chi connectivity index (χ0v) is 17.3. The average molecular weight is 415 g/mol. The molecule has 4 nitrogen and oxygen atoms in total. The lowest BCUT2D eigenvalue weighted by molar-refractivity contribution is -0.138. The Hall–Kier alpha value is -3.66. The van der Waals surface area contributed by atoms with Crippen LogP contribution in [0, 0.1) is 0 Å². The second kappa shape index (κ2) is 10.9. The maximum atomic E-state index is 12.1. The second-order valence-electron chi connectivity index (χ2n) is 7.46. The molecule has 0 aliphatic carbocycles. The van der Waals surface area contributed by atoms with Crippen molar-refractivity contribution in [1.29, 1.82) is 0 Å².